The molecule has 7 heteroatoms. The molecule has 0 bridgehead atoms. The van der Waals surface area contributed by atoms with Gasteiger partial charge in [0.2, 0.25) is 5.91 Å². The number of benzene rings is 1. The third kappa shape index (κ3) is 4.85. The monoisotopic (exact) mass is 350 g/mol. The maximum absolute atomic E-state index is 12.9. The molecule has 0 radical (unpaired) electrons. The predicted octanol–water partition coefficient (Wildman–Crippen LogP) is 1.46. The highest BCUT2D eigenvalue weighted by atomic mass is 16.5. The Labute approximate surface area is 148 Å². The lowest BCUT2D eigenvalue weighted by Crippen LogP contribution is -2.46. The van der Waals surface area contributed by atoms with Gasteiger partial charge in [-0.05, 0) is 25.0 Å². The summed E-state index contributed by atoms with van der Waals surface area (Å²) < 4.78 is 15.5. The summed E-state index contributed by atoms with van der Waals surface area (Å²) in [6.07, 6.45) is 1.80. The molecule has 0 saturated carbocycles. The zero-order chi connectivity index (χ0) is 18.2. The fraction of sp³-hybridized carbons (Fsp3) is 0.556. The largest absolute Gasteiger partial charge is 0.496 e. The SMILES string of the molecule is COCCC(=O)NC1CCN(C(=O)c2c(OC)cccc2OC)CC1. The van der Waals surface area contributed by atoms with E-state index in [0.29, 0.717) is 43.2 Å². The van der Waals surface area contributed by atoms with Gasteiger partial charge in [0.05, 0.1) is 20.8 Å². The van der Waals surface area contributed by atoms with E-state index < -0.39 is 0 Å². The molecular weight excluding hydrogens is 324 g/mol. The van der Waals surface area contributed by atoms with Crippen LogP contribution in [0.15, 0.2) is 18.2 Å². The Morgan fingerprint density at radius 1 is 1.12 bits per heavy atom. The van der Waals surface area contributed by atoms with Crippen molar-refractivity contribution in [2.75, 3.05) is 41.0 Å². The molecule has 2 rings (SSSR count). The molecule has 7 nitrogen and oxygen atoms in total. The number of nitrogens with one attached hydrogen (secondary N) is 1. The number of piperidine rings is 1. The van der Waals surface area contributed by atoms with E-state index in [2.05, 4.69) is 5.32 Å². The standard InChI is InChI=1S/C18H26N2O5/c1-23-12-9-16(21)19-13-7-10-20(11-8-13)18(22)17-14(24-2)5-4-6-15(17)25-3/h4-6,13H,7-12H2,1-3H3,(H,19,21). The molecule has 1 aliphatic heterocycles. The summed E-state index contributed by atoms with van der Waals surface area (Å²) >= 11 is 0. The number of hydrogen-bond donors (Lipinski definition) is 1. The van der Waals surface area contributed by atoms with Gasteiger partial charge in [0, 0.05) is 32.7 Å². The van der Waals surface area contributed by atoms with Crippen LogP contribution in [0.5, 0.6) is 11.5 Å². The molecule has 0 aromatic heterocycles. The first-order chi connectivity index (χ1) is 12.1. The summed E-state index contributed by atoms with van der Waals surface area (Å²) in [5, 5.41) is 2.99. The quantitative estimate of drug-likeness (QED) is 0.806. The molecule has 1 aliphatic rings. The lowest BCUT2D eigenvalue weighted by Gasteiger charge is -2.33. The maximum Gasteiger partial charge on any atom is 0.261 e. The van der Waals surface area contributed by atoms with Crippen LogP contribution < -0.4 is 14.8 Å². The molecule has 1 aromatic carbocycles. The first kappa shape index (κ1) is 19.1. The van der Waals surface area contributed by atoms with Gasteiger partial charge in [-0.3, -0.25) is 9.59 Å². The summed E-state index contributed by atoms with van der Waals surface area (Å²) in [5.41, 5.74) is 0.440. The molecule has 0 unspecified atom stereocenters. The average molecular weight is 350 g/mol. The summed E-state index contributed by atoms with van der Waals surface area (Å²) in [5.74, 6) is 0.871. The van der Waals surface area contributed by atoms with Crippen molar-refractivity contribution in [2.45, 2.75) is 25.3 Å². The maximum atomic E-state index is 12.9. The Kier molecular flexibility index (Phi) is 7.06. The van der Waals surface area contributed by atoms with Crippen LogP contribution >= 0.6 is 0 Å². The van der Waals surface area contributed by atoms with Gasteiger partial charge in [0.25, 0.3) is 5.91 Å². The van der Waals surface area contributed by atoms with Gasteiger partial charge in [-0.2, -0.15) is 0 Å². The molecule has 138 valence electrons. The second kappa shape index (κ2) is 9.27. The molecule has 25 heavy (non-hydrogen) atoms. The van der Waals surface area contributed by atoms with E-state index in [0.717, 1.165) is 12.8 Å². The molecule has 0 aliphatic carbocycles. The number of nitrogens with zero attached hydrogens (tertiary/aromatic N) is 1. The van der Waals surface area contributed by atoms with Gasteiger partial charge < -0.3 is 24.4 Å². The number of carbonyl (C=O) groups excluding carboxylic acids is 2. The number of ether oxygens (including phenoxy) is 3. The average Bonchev–Trinajstić information content (AvgIpc) is 2.65. The zero-order valence-electron chi connectivity index (χ0n) is 15.0. The van der Waals surface area contributed by atoms with Gasteiger partial charge in [0.1, 0.15) is 17.1 Å². The van der Waals surface area contributed by atoms with E-state index in [1.165, 1.54) is 14.2 Å². The van der Waals surface area contributed by atoms with Crippen LogP contribution in [0.3, 0.4) is 0 Å². The Hall–Kier alpha value is -2.28. The van der Waals surface area contributed by atoms with Crippen LogP contribution in [0, 0.1) is 0 Å². The molecule has 0 spiro atoms. The molecule has 0 atom stereocenters. The van der Waals surface area contributed by atoms with Gasteiger partial charge in [-0.25, -0.2) is 0 Å². The van der Waals surface area contributed by atoms with Crippen molar-refractivity contribution in [2.24, 2.45) is 0 Å². The van der Waals surface area contributed by atoms with Gasteiger partial charge in [-0.15, -0.1) is 0 Å². The van der Waals surface area contributed by atoms with E-state index in [-0.39, 0.29) is 17.9 Å². The van der Waals surface area contributed by atoms with Crippen molar-refractivity contribution < 1.29 is 23.8 Å². The topological polar surface area (TPSA) is 77.1 Å². The van der Waals surface area contributed by atoms with Crippen LogP contribution in [-0.2, 0) is 9.53 Å². The van der Waals surface area contributed by atoms with Crippen LogP contribution in [0.4, 0.5) is 0 Å². The van der Waals surface area contributed by atoms with Crippen molar-refractivity contribution in [3.8, 4) is 11.5 Å². The fourth-order valence-electron chi connectivity index (χ4n) is 2.94. The molecule has 2 amide bonds. The van der Waals surface area contributed by atoms with Crippen molar-refractivity contribution >= 4 is 11.8 Å². The van der Waals surface area contributed by atoms with Gasteiger partial charge in [0.15, 0.2) is 0 Å². The summed E-state index contributed by atoms with van der Waals surface area (Å²) in [7, 11) is 4.64. The molecule has 1 N–H and O–H groups in total. The first-order valence-corrected chi connectivity index (χ1v) is 8.39. The van der Waals surface area contributed by atoms with E-state index in [9.17, 15) is 9.59 Å². The van der Waals surface area contributed by atoms with Crippen LogP contribution in [-0.4, -0.2) is 63.8 Å². The third-order valence-corrected chi connectivity index (χ3v) is 4.32. The fourth-order valence-corrected chi connectivity index (χ4v) is 2.94. The van der Waals surface area contributed by atoms with E-state index >= 15 is 0 Å². The Balaban J connectivity index is 1.97. The highest BCUT2D eigenvalue weighted by Gasteiger charge is 2.28. The second-order valence-corrected chi connectivity index (χ2v) is 5.91. The van der Waals surface area contributed by atoms with Crippen molar-refractivity contribution in [1.82, 2.24) is 10.2 Å². The number of hydrogen-bond acceptors (Lipinski definition) is 5. The Morgan fingerprint density at radius 3 is 2.24 bits per heavy atom. The molecule has 1 saturated heterocycles. The van der Waals surface area contributed by atoms with Crippen molar-refractivity contribution in [3.05, 3.63) is 23.8 Å². The van der Waals surface area contributed by atoms with Gasteiger partial charge >= 0.3 is 0 Å². The van der Waals surface area contributed by atoms with Crippen molar-refractivity contribution in [1.29, 1.82) is 0 Å². The summed E-state index contributed by atoms with van der Waals surface area (Å²) in [6.45, 7) is 1.57. The number of likely N-dealkylation sites (tertiary alicyclic amines) is 1. The minimum atomic E-state index is -0.113. The summed E-state index contributed by atoms with van der Waals surface area (Å²) in [4.78, 5) is 26.4. The van der Waals surface area contributed by atoms with E-state index in [1.807, 2.05) is 0 Å². The second-order valence-electron chi connectivity index (χ2n) is 5.91. The minimum Gasteiger partial charge on any atom is -0.496 e. The number of methoxy groups -OCH3 is 3. The number of rotatable bonds is 7. The number of carbonyl (C=O) groups is 2. The summed E-state index contributed by atoms with van der Waals surface area (Å²) in [6, 6.07) is 5.38. The smallest absolute Gasteiger partial charge is 0.261 e. The predicted molar refractivity (Wildman–Crippen MR) is 93.1 cm³/mol. The van der Waals surface area contributed by atoms with E-state index in [1.54, 1.807) is 30.2 Å². The highest BCUT2D eigenvalue weighted by Crippen LogP contribution is 2.30. The first-order valence-electron chi connectivity index (χ1n) is 8.39. The van der Waals surface area contributed by atoms with Gasteiger partial charge in [-0.1, -0.05) is 6.07 Å². The molecule has 1 fully saturated rings. The van der Waals surface area contributed by atoms with E-state index in [4.69, 9.17) is 14.2 Å². The molecule has 1 aromatic rings. The van der Waals surface area contributed by atoms with Crippen molar-refractivity contribution in [3.63, 3.8) is 0 Å². The Morgan fingerprint density at radius 2 is 1.72 bits per heavy atom. The minimum absolute atomic E-state index is 0.0157. The van der Waals surface area contributed by atoms with Crippen LogP contribution in [0.1, 0.15) is 29.6 Å². The zero-order valence-corrected chi connectivity index (χ0v) is 15.0. The Bertz CT molecular complexity index is 575. The number of amides is 2. The molecular formula is C18H26N2O5. The normalized spacial score (nSPS) is 14.9. The van der Waals surface area contributed by atoms with Crippen LogP contribution in [0.2, 0.25) is 0 Å². The van der Waals surface area contributed by atoms with Crippen LogP contribution in [0.25, 0.3) is 0 Å². The lowest BCUT2D eigenvalue weighted by molar-refractivity contribution is -0.122. The lowest BCUT2D eigenvalue weighted by atomic mass is 10.0. The highest BCUT2D eigenvalue weighted by molar-refractivity contribution is 5.99. The third-order valence-electron chi connectivity index (χ3n) is 4.32. The molecule has 1 heterocycles.